The van der Waals surface area contributed by atoms with Gasteiger partial charge in [0.05, 0.1) is 9.79 Å². The molecule has 1 fully saturated rings. The zero-order valence-corrected chi connectivity index (χ0v) is 16.4. The van der Waals surface area contributed by atoms with Crippen LogP contribution in [0.1, 0.15) is 12.8 Å². The van der Waals surface area contributed by atoms with Gasteiger partial charge >= 0.3 is 0 Å². The van der Waals surface area contributed by atoms with E-state index in [4.69, 9.17) is 0 Å². The molecule has 0 aromatic heterocycles. The number of benzene rings is 1. The fourth-order valence-electron chi connectivity index (χ4n) is 2.54. The van der Waals surface area contributed by atoms with E-state index in [0.717, 1.165) is 17.1 Å². The lowest BCUT2D eigenvalue weighted by Gasteiger charge is -2.31. The highest BCUT2D eigenvalue weighted by atomic mass is 35.5. The van der Waals surface area contributed by atoms with E-state index in [0.29, 0.717) is 13.1 Å². The SMILES string of the molecule is CNC1CCCN(S(=O)(=O)c2ccc(S(=O)(=O)N(C)C)cc2)C1.Cl. The number of nitrogens with one attached hydrogen (secondary N) is 1. The predicted octanol–water partition coefficient (Wildman–Crippen LogP) is 0.731. The van der Waals surface area contributed by atoms with Gasteiger partial charge in [-0.1, -0.05) is 0 Å². The van der Waals surface area contributed by atoms with E-state index >= 15 is 0 Å². The number of piperidine rings is 1. The van der Waals surface area contributed by atoms with Gasteiger partial charge in [0.2, 0.25) is 20.0 Å². The zero-order chi connectivity index (χ0) is 17.3. The maximum absolute atomic E-state index is 12.7. The zero-order valence-electron chi connectivity index (χ0n) is 14.0. The van der Waals surface area contributed by atoms with Gasteiger partial charge in [0, 0.05) is 33.2 Å². The Labute approximate surface area is 150 Å². The highest BCUT2D eigenvalue weighted by Gasteiger charge is 2.30. The van der Waals surface area contributed by atoms with Crippen LogP contribution >= 0.6 is 12.4 Å². The second-order valence-electron chi connectivity index (χ2n) is 5.75. The molecule has 0 aliphatic carbocycles. The van der Waals surface area contributed by atoms with Crippen molar-refractivity contribution in [1.82, 2.24) is 13.9 Å². The summed E-state index contributed by atoms with van der Waals surface area (Å²) in [4.78, 5) is 0.195. The van der Waals surface area contributed by atoms with E-state index in [1.165, 1.54) is 42.7 Å². The average Bonchev–Trinajstić information content (AvgIpc) is 2.54. The lowest BCUT2D eigenvalue weighted by Crippen LogP contribution is -2.46. The van der Waals surface area contributed by atoms with Gasteiger partial charge < -0.3 is 5.32 Å². The Morgan fingerprint density at radius 1 is 1.08 bits per heavy atom. The van der Waals surface area contributed by atoms with E-state index in [1.54, 1.807) is 0 Å². The van der Waals surface area contributed by atoms with E-state index in [-0.39, 0.29) is 28.2 Å². The molecular formula is C14H24ClN3O4S2. The summed E-state index contributed by atoms with van der Waals surface area (Å²) in [7, 11) is -2.47. The Balaban J connectivity index is 0.00000288. The molecule has 0 radical (unpaired) electrons. The molecule has 1 aromatic carbocycles. The highest BCUT2D eigenvalue weighted by Crippen LogP contribution is 2.22. The smallest absolute Gasteiger partial charge is 0.243 e. The molecule has 0 spiro atoms. The van der Waals surface area contributed by atoms with Gasteiger partial charge in [-0.25, -0.2) is 21.1 Å². The van der Waals surface area contributed by atoms with Crippen LogP contribution in [0, 0.1) is 0 Å². The molecule has 0 bridgehead atoms. The standard InChI is InChI=1S/C14H23N3O4S2.ClH/c1-15-12-5-4-10-17(11-12)23(20,21)14-8-6-13(7-9-14)22(18,19)16(2)3;/h6-9,12,15H,4-5,10-11H2,1-3H3;1H. The molecule has 1 unspecified atom stereocenters. The van der Waals surface area contributed by atoms with Gasteiger partial charge in [-0.3, -0.25) is 0 Å². The maximum atomic E-state index is 12.7. The van der Waals surface area contributed by atoms with Gasteiger partial charge in [0.15, 0.2) is 0 Å². The average molecular weight is 398 g/mol. The van der Waals surface area contributed by atoms with Crippen molar-refractivity contribution in [2.75, 3.05) is 34.2 Å². The summed E-state index contributed by atoms with van der Waals surface area (Å²) in [5, 5.41) is 3.11. The number of likely N-dealkylation sites (N-methyl/N-ethyl adjacent to an activating group) is 1. The monoisotopic (exact) mass is 397 g/mol. The van der Waals surface area contributed by atoms with Crippen molar-refractivity contribution in [3.8, 4) is 0 Å². The summed E-state index contributed by atoms with van der Waals surface area (Å²) in [5.41, 5.74) is 0. The van der Waals surface area contributed by atoms with Crippen molar-refractivity contribution >= 4 is 32.5 Å². The molecule has 24 heavy (non-hydrogen) atoms. The van der Waals surface area contributed by atoms with Crippen molar-refractivity contribution in [2.45, 2.75) is 28.7 Å². The molecule has 1 aromatic rings. The summed E-state index contributed by atoms with van der Waals surface area (Å²) in [6, 6.07) is 5.53. The van der Waals surface area contributed by atoms with Crippen LogP contribution in [-0.2, 0) is 20.0 Å². The van der Waals surface area contributed by atoms with Gasteiger partial charge in [-0.15, -0.1) is 12.4 Å². The second kappa shape index (κ2) is 8.11. The molecule has 1 heterocycles. The Morgan fingerprint density at radius 3 is 2.12 bits per heavy atom. The van der Waals surface area contributed by atoms with Gasteiger partial charge in [0.25, 0.3) is 0 Å². The maximum Gasteiger partial charge on any atom is 0.243 e. The van der Waals surface area contributed by atoms with Crippen LogP contribution in [0.2, 0.25) is 0 Å². The van der Waals surface area contributed by atoms with E-state index in [2.05, 4.69) is 5.32 Å². The first-order chi connectivity index (χ1) is 10.7. The second-order valence-corrected chi connectivity index (χ2v) is 9.84. The number of nitrogens with zero attached hydrogens (tertiary/aromatic N) is 2. The van der Waals surface area contributed by atoms with Crippen LogP contribution < -0.4 is 5.32 Å². The number of rotatable bonds is 5. The molecule has 138 valence electrons. The Morgan fingerprint density at radius 2 is 1.62 bits per heavy atom. The first-order valence-electron chi connectivity index (χ1n) is 7.39. The first kappa shape index (κ1) is 21.3. The summed E-state index contributed by atoms with van der Waals surface area (Å²) in [5.74, 6) is 0. The summed E-state index contributed by atoms with van der Waals surface area (Å²) in [6.07, 6.45) is 1.75. The fraction of sp³-hybridized carbons (Fsp3) is 0.571. The lowest BCUT2D eigenvalue weighted by molar-refractivity contribution is 0.293. The normalized spacial score (nSPS) is 19.9. The molecule has 1 atom stereocenters. The van der Waals surface area contributed by atoms with E-state index in [9.17, 15) is 16.8 Å². The third-order valence-corrected chi connectivity index (χ3v) is 7.74. The molecule has 7 nitrogen and oxygen atoms in total. The number of sulfonamides is 2. The van der Waals surface area contributed by atoms with Crippen molar-refractivity contribution in [2.24, 2.45) is 0 Å². The van der Waals surface area contributed by atoms with Crippen LogP contribution in [0.25, 0.3) is 0 Å². The molecule has 1 saturated heterocycles. The third kappa shape index (κ3) is 4.27. The number of halogens is 1. The van der Waals surface area contributed by atoms with Crippen molar-refractivity contribution in [1.29, 1.82) is 0 Å². The fourth-order valence-corrected chi connectivity index (χ4v) is 4.97. The van der Waals surface area contributed by atoms with Crippen LogP contribution in [0.5, 0.6) is 0 Å². The first-order valence-corrected chi connectivity index (χ1v) is 10.3. The van der Waals surface area contributed by atoms with Gasteiger partial charge in [-0.05, 0) is 44.2 Å². The molecule has 10 heteroatoms. The molecular weight excluding hydrogens is 374 g/mol. The minimum atomic E-state index is -3.60. The number of hydrogen-bond acceptors (Lipinski definition) is 5. The largest absolute Gasteiger partial charge is 0.316 e. The lowest BCUT2D eigenvalue weighted by atomic mass is 10.1. The van der Waals surface area contributed by atoms with Crippen LogP contribution in [0.4, 0.5) is 0 Å². The van der Waals surface area contributed by atoms with Crippen LogP contribution in [0.3, 0.4) is 0 Å². The third-order valence-electron chi connectivity index (χ3n) is 4.03. The van der Waals surface area contributed by atoms with E-state index in [1.807, 2.05) is 7.05 Å². The molecule has 1 N–H and O–H groups in total. The minimum absolute atomic E-state index is 0. The molecule has 1 aliphatic heterocycles. The van der Waals surface area contributed by atoms with E-state index < -0.39 is 20.0 Å². The van der Waals surface area contributed by atoms with Crippen molar-refractivity contribution in [3.05, 3.63) is 24.3 Å². The molecule has 0 amide bonds. The Kier molecular flexibility index (Phi) is 7.21. The summed E-state index contributed by atoms with van der Waals surface area (Å²) in [6.45, 7) is 0.912. The van der Waals surface area contributed by atoms with Gasteiger partial charge in [-0.2, -0.15) is 4.31 Å². The minimum Gasteiger partial charge on any atom is -0.316 e. The van der Waals surface area contributed by atoms with Gasteiger partial charge in [0.1, 0.15) is 0 Å². The predicted molar refractivity (Wildman–Crippen MR) is 95.4 cm³/mol. The quantitative estimate of drug-likeness (QED) is 0.791. The summed E-state index contributed by atoms with van der Waals surface area (Å²) >= 11 is 0. The van der Waals surface area contributed by atoms with Crippen LogP contribution in [0.15, 0.2) is 34.1 Å². The van der Waals surface area contributed by atoms with Crippen molar-refractivity contribution < 1.29 is 16.8 Å². The number of hydrogen-bond donors (Lipinski definition) is 1. The molecule has 0 saturated carbocycles. The Bertz CT molecular complexity index is 749. The molecule has 2 rings (SSSR count). The van der Waals surface area contributed by atoms with Crippen molar-refractivity contribution in [3.63, 3.8) is 0 Å². The topological polar surface area (TPSA) is 86.8 Å². The Hall–Kier alpha value is -0.710. The molecule has 1 aliphatic rings. The summed E-state index contributed by atoms with van der Waals surface area (Å²) < 4.78 is 52.0. The highest BCUT2D eigenvalue weighted by molar-refractivity contribution is 7.89. The van der Waals surface area contributed by atoms with Crippen LogP contribution in [-0.4, -0.2) is 65.7 Å².